The van der Waals surface area contributed by atoms with Gasteiger partial charge in [-0.3, -0.25) is 4.79 Å². The van der Waals surface area contributed by atoms with Crippen molar-refractivity contribution in [1.82, 2.24) is 4.98 Å². The lowest BCUT2D eigenvalue weighted by molar-refractivity contribution is 0.102. The van der Waals surface area contributed by atoms with Crippen LogP contribution in [0.2, 0.25) is 5.02 Å². The molecular formula is C21H20ClN3O3. The van der Waals surface area contributed by atoms with Gasteiger partial charge in [-0.25, -0.2) is 4.98 Å². The lowest BCUT2D eigenvalue weighted by Gasteiger charge is -2.11. The first-order valence-corrected chi connectivity index (χ1v) is 8.90. The van der Waals surface area contributed by atoms with Crippen LogP contribution in [0.25, 0.3) is 0 Å². The molecule has 0 bridgehead atoms. The third kappa shape index (κ3) is 4.53. The van der Waals surface area contributed by atoms with Crippen molar-refractivity contribution in [2.75, 3.05) is 24.9 Å². The number of carbonyl (C=O) groups excluding carboxylic acids is 1. The van der Waals surface area contributed by atoms with E-state index in [4.69, 9.17) is 21.1 Å². The van der Waals surface area contributed by atoms with E-state index < -0.39 is 0 Å². The van der Waals surface area contributed by atoms with Crippen molar-refractivity contribution in [2.24, 2.45) is 0 Å². The molecule has 2 N–H and O–H groups in total. The zero-order valence-electron chi connectivity index (χ0n) is 15.7. The van der Waals surface area contributed by atoms with Crippen LogP contribution in [0.4, 0.5) is 17.2 Å². The highest BCUT2D eigenvalue weighted by Gasteiger charge is 2.11. The maximum Gasteiger partial charge on any atom is 0.256 e. The maximum absolute atomic E-state index is 12.4. The number of aryl methyl sites for hydroxylation is 1. The topological polar surface area (TPSA) is 72.5 Å². The van der Waals surface area contributed by atoms with Gasteiger partial charge in [0.05, 0.1) is 26.1 Å². The van der Waals surface area contributed by atoms with Crippen molar-refractivity contribution in [1.29, 1.82) is 0 Å². The highest BCUT2D eigenvalue weighted by atomic mass is 35.5. The second kappa shape index (κ2) is 8.63. The number of anilines is 3. The zero-order chi connectivity index (χ0) is 20.1. The second-order valence-corrected chi connectivity index (χ2v) is 6.45. The Morgan fingerprint density at radius 2 is 1.71 bits per heavy atom. The summed E-state index contributed by atoms with van der Waals surface area (Å²) in [4.78, 5) is 16.7. The van der Waals surface area contributed by atoms with Gasteiger partial charge < -0.3 is 20.1 Å². The van der Waals surface area contributed by atoms with Crippen molar-refractivity contribution in [2.45, 2.75) is 6.92 Å². The fourth-order valence-corrected chi connectivity index (χ4v) is 2.73. The number of rotatable bonds is 6. The number of halogens is 1. The molecule has 0 aliphatic rings. The quantitative estimate of drug-likeness (QED) is 0.608. The first-order chi connectivity index (χ1) is 13.5. The summed E-state index contributed by atoms with van der Waals surface area (Å²) in [6.45, 7) is 1.95. The Bertz CT molecular complexity index is 991. The maximum atomic E-state index is 12.4. The van der Waals surface area contributed by atoms with Crippen LogP contribution in [0.1, 0.15) is 15.9 Å². The smallest absolute Gasteiger partial charge is 0.256 e. The van der Waals surface area contributed by atoms with Crippen molar-refractivity contribution in [3.63, 3.8) is 0 Å². The minimum absolute atomic E-state index is 0.292. The predicted molar refractivity (Wildman–Crippen MR) is 111 cm³/mol. The van der Waals surface area contributed by atoms with Crippen LogP contribution in [0.15, 0.2) is 54.7 Å². The van der Waals surface area contributed by atoms with Gasteiger partial charge in [0.15, 0.2) is 11.5 Å². The summed E-state index contributed by atoms with van der Waals surface area (Å²) in [6, 6.07) is 14.2. The molecule has 3 rings (SSSR count). The van der Waals surface area contributed by atoms with Crippen molar-refractivity contribution in [3.8, 4) is 11.5 Å². The van der Waals surface area contributed by atoms with E-state index in [1.165, 1.54) is 7.11 Å². The van der Waals surface area contributed by atoms with E-state index in [1.807, 2.05) is 31.2 Å². The molecule has 0 saturated heterocycles. The van der Waals surface area contributed by atoms with Gasteiger partial charge in [0, 0.05) is 16.3 Å². The van der Waals surface area contributed by atoms with Crippen molar-refractivity contribution < 1.29 is 14.3 Å². The van der Waals surface area contributed by atoms with Gasteiger partial charge in [0.2, 0.25) is 0 Å². The Labute approximate surface area is 168 Å². The van der Waals surface area contributed by atoms with E-state index in [0.717, 1.165) is 16.9 Å². The molecule has 7 heteroatoms. The SMILES string of the molecule is COc1ccc(C(=O)Nc2ccc(Nc3ccc(C)c(Cl)c3)cn2)cc1OC. The Kier molecular flexibility index (Phi) is 6.01. The Morgan fingerprint density at radius 3 is 2.36 bits per heavy atom. The van der Waals surface area contributed by atoms with E-state index in [1.54, 1.807) is 37.6 Å². The van der Waals surface area contributed by atoms with Crippen molar-refractivity contribution >= 4 is 34.7 Å². The molecule has 0 fully saturated rings. The minimum atomic E-state index is -0.292. The van der Waals surface area contributed by atoms with Crippen molar-refractivity contribution in [3.05, 3.63) is 70.9 Å². The van der Waals surface area contributed by atoms with Crippen LogP contribution < -0.4 is 20.1 Å². The number of ether oxygens (including phenoxy) is 2. The molecule has 144 valence electrons. The second-order valence-electron chi connectivity index (χ2n) is 6.04. The fourth-order valence-electron chi connectivity index (χ4n) is 2.54. The van der Waals surface area contributed by atoms with E-state index >= 15 is 0 Å². The molecule has 0 aliphatic heterocycles. The van der Waals surface area contributed by atoms with Crippen LogP contribution in [0.5, 0.6) is 11.5 Å². The van der Waals surface area contributed by atoms with Gasteiger partial charge >= 0.3 is 0 Å². The molecule has 28 heavy (non-hydrogen) atoms. The number of hydrogen-bond acceptors (Lipinski definition) is 5. The number of methoxy groups -OCH3 is 2. The van der Waals surface area contributed by atoms with Crippen LogP contribution >= 0.6 is 11.6 Å². The lowest BCUT2D eigenvalue weighted by atomic mass is 10.2. The summed E-state index contributed by atoms with van der Waals surface area (Å²) in [5, 5.41) is 6.67. The molecule has 0 aliphatic carbocycles. The van der Waals surface area contributed by atoms with Gasteiger partial charge in [-0.2, -0.15) is 0 Å². The molecule has 0 spiro atoms. The summed E-state index contributed by atoms with van der Waals surface area (Å²) in [7, 11) is 3.07. The third-order valence-electron chi connectivity index (χ3n) is 4.11. The van der Waals surface area contributed by atoms with Gasteiger partial charge in [-0.1, -0.05) is 17.7 Å². The first kappa shape index (κ1) is 19.5. The molecular weight excluding hydrogens is 378 g/mol. The number of carbonyl (C=O) groups is 1. The number of pyridine rings is 1. The number of aromatic nitrogens is 1. The van der Waals surface area contributed by atoms with Gasteiger partial charge in [0.1, 0.15) is 5.82 Å². The lowest BCUT2D eigenvalue weighted by Crippen LogP contribution is -2.13. The molecule has 1 heterocycles. The summed E-state index contributed by atoms with van der Waals surface area (Å²) < 4.78 is 10.4. The fraction of sp³-hybridized carbons (Fsp3) is 0.143. The van der Waals surface area contributed by atoms with Crippen LogP contribution in [-0.4, -0.2) is 25.1 Å². The molecule has 1 aromatic heterocycles. The Hall–Kier alpha value is -3.25. The van der Waals surface area contributed by atoms with E-state index in [9.17, 15) is 4.79 Å². The third-order valence-corrected chi connectivity index (χ3v) is 4.52. The average molecular weight is 398 g/mol. The molecule has 3 aromatic rings. The van der Waals surface area contributed by atoms with Gasteiger partial charge in [-0.15, -0.1) is 0 Å². The molecule has 0 radical (unpaired) electrons. The number of hydrogen-bond donors (Lipinski definition) is 2. The first-order valence-electron chi connectivity index (χ1n) is 8.53. The monoisotopic (exact) mass is 397 g/mol. The standard InChI is InChI=1S/C21H20ClN3O3/c1-13-4-6-15(11-17(13)22)24-16-7-9-20(23-12-16)25-21(26)14-5-8-18(27-2)19(10-14)28-3/h4-12,24H,1-3H3,(H,23,25,26). The molecule has 1 amide bonds. The van der Waals surface area contributed by atoms with Gasteiger partial charge in [-0.05, 0) is 55.0 Å². The minimum Gasteiger partial charge on any atom is -0.493 e. The summed E-state index contributed by atoms with van der Waals surface area (Å²) in [5.41, 5.74) is 3.10. The van der Waals surface area contributed by atoms with E-state index in [2.05, 4.69) is 15.6 Å². The molecule has 6 nitrogen and oxygen atoms in total. The Morgan fingerprint density at radius 1 is 0.964 bits per heavy atom. The molecule has 0 unspecified atom stereocenters. The average Bonchev–Trinajstić information content (AvgIpc) is 2.71. The Balaban J connectivity index is 1.68. The molecule has 2 aromatic carbocycles. The number of amides is 1. The summed E-state index contributed by atoms with van der Waals surface area (Å²) >= 11 is 6.14. The van der Waals surface area contributed by atoms with E-state index in [-0.39, 0.29) is 5.91 Å². The van der Waals surface area contributed by atoms with Gasteiger partial charge in [0.25, 0.3) is 5.91 Å². The molecule has 0 saturated carbocycles. The zero-order valence-corrected chi connectivity index (χ0v) is 16.5. The van der Waals surface area contributed by atoms with E-state index in [0.29, 0.717) is 27.9 Å². The number of nitrogens with one attached hydrogen (secondary N) is 2. The normalized spacial score (nSPS) is 10.3. The van der Waals surface area contributed by atoms with Crippen LogP contribution in [0.3, 0.4) is 0 Å². The highest BCUT2D eigenvalue weighted by Crippen LogP contribution is 2.28. The predicted octanol–water partition coefficient (Wildman–Crippen LogP) is 5.06. The summed E-state index contributed by atoms with van der Waals surface area (Å²) in [6.07, 6.45) is 1.64. The highest BCUT2D eigenvalue weighted by molar-refractivity contribution is 6.31. The number of benzene rings is 2. The largest absolute Gasteiger partial charge is 0.493 e. The molecule has 0 atom stereocenters. The van der Waals surface area contributed by atoms with Crippen LogP contribution in [0, 0.1) is 6.92 Å². The summed E-state index contributed by atoms with van der Waals surface area (Å²) in [5.74, 6) is 1.19. The number of nitrogens with zero attached hydrogens (tertiary/aromatic N) is 1. The van der Waals surface area contributed by atoms with Crippen LogP contribution in [-0.2, 0) is 0 Å².